The summed E-state index contributed by atoms with van der Waals surface area (Å²) < 4.78 is 29.0. The molecule has 1 amide bonds. The third kappa shape index (κ3) is 4.70. The number of carbonyl (C=O) groups is 1. The van der Waals surface area contributed by atoms with Crippen molar-refractivity contribution in [2.75, 3.05) is 18.8 Å². The minimum Gasteiger partial charge on any atom is -0.343 e. The number of rotatable bonds is 8. The van der Waals surface area contributed by atoms with Gasteiger partial charge in [-0.3, -0.25) is 14.2 Å². The largest absolute Gasteiger partial charge is 0.343 e. The number of carbonyl (C=O) groups excluding carboxylic acids is 1. The quantitative estimate of drug-likeness (QED) is 0.301. The normalized spacial score (nSPS) is 11.1. The average molecular weight is 432 g/mol. The first-order chi connectivity index (χ1) is 14.5. The predicted molar refractivity (Wildman–Crippen MR) is 115 cm³/mol. The van der Waals surface area contributed by atoms with Crippen molar-refractivity contribution in [3.63, 3.8) is 0 Å². The minimum atomic E-state index is -0.840. The summed E-state index contributed by atoms with van der Waals surface area (Å²) in [4.78, 5) is 31.6. The highest BCUT2D eigenvalue weighted by Gasteiger charge is 2.17. The number of para-hydroxylation sites is 1. The number of halogens is 2. The fourth-order valence-electron chi connectivity index (χ4n) is 3.21. The second kappa shape index (κ2) is 9.84. The molecule has 1 aromatic heterocycles. The molecule has 2 aromatic carbocycles. The summed E-state index contributed by atoms with van der Waals surface area (Å²) in [5.41, 5.74) is 0.0252. The zero-order valence-corrected chi connectivity index (χ0v) is 17.7. The molecule has 0 saturated heterocycles. The number of benzene rings is 2. The Morgan fingerprint density at radius 3 is 2.57 bits per heavy atom. The minimum absolute atomic E-state index is 0.0543. The van der Waals surface area contributed by atoms with E-state index < -0.39 is 17.2 Å². The summed E-state index contributed by atoms with van der Waals surface area (Å²) >= 11 is 1.27. The third-order valence-electron chi connectivity index (χ3n) is 4.78. The van der Waals surface area contributed by atoms with E-state index in [9.17, 15) is 18.4 Å². The first-order valence-electron chi connectivity index (χ1n) is 9.84. The van der Waals surface area contributed by atoms with E-state index in [1.54, 1.807) is 29.2 Å². The van der Waals surface area contributed by atoms with Crippen LogP contribution in [0.25, 0.3) is 16.6 Å². The molecule has 0 aliphatic heterocycles. The maximum Gasteiger partial charge on any atom is 0.266 e. The highest BCUT2D eigenvalue weighted by molar-refractivity contribution is 7.99. The van der Waals surface area contributed by atoms with Gasteiger partial charge in [0.05, 0.1) is 16.6 Å². The van der Waals surface area contributed by atoms with Gasteiger partial charge in [0.15, 0.2) is 5.16 Å². The monoisotopic (exact) mass is 431 g/mol. The van der Waals surface area contributed by atoms with Gasteiger partial charge in [0.2, 0.25) is 5.91 Å². The maximum absolute atomic E-state index is 14.5. The Balaban J connectivity index is 1.91. The average Bonchev–Trinajstić information content (AvgIpc) is 2.73. The molecule has 0 aliphatic rings. The summed E-state index contributed by atoms with van der Waals surface area (Å²) in [7, 11) is 0. The Hall–Kier alpha value is -2.74. The second-order valence-corrected chi connectivity index (χ2v) is 7.73. The second-order valence-electron chi connectivity index (χ2n) is 6.67. The first kappa shape index (κ1) is 22.0. The number of hydrogen-bond acceptors (Lipinski definition) is 4. The number of nitrogens with zero attached hydrogens (tertiary/aromatic N) is 3. The van der Waals surface area contributed by atoms with Gasteiger partial charge in [-0.05, 0) is 44.5 Å². The number of thioether (sulfide) groups is 1. The molecule has 8 heteroatoms. The van der Waals surface area contributed by atoms with E-state index in [-0.39, 0.29) is 11.6 Å². The molecular formula is C22H23F2N3O2S. The molecule has 30 heavy (non-hydrogen) atoms. The van der Waals surface area contributed by atoms with Crippen molar-refractivity contribution in [2.24, 2.45) is 0 Å². The molecule has 5 nitrogen and oxygen atoms in total. The van der Waals surface area contributed by atoms with E-state index in [1.165, 1.54) is 22.4 Å². The van der Waals surface area contributed by atoms with E-state index in [1.807, 2.05) is 13.8 Å². The summed E-state index contributed by atoms with van der Waals surface area (Å²) in [6.45, 7) is 5.20. The van der Waals surface area contributed by atoms with Crippen LogP contribution in [0.4, 0.5) is 8.78 Å². The van der Waals surface area contributed by atoms with Crippen LogP contribution < -0.4 is 5.56 Å². The molecule has 3 rings (SSSR count). The van der Waals surface area contributed by atoms with E-state index >= 15 is 0 Å². The standard InChI is InChI=1S/C22H23F2N3O2S/c1-3-26(4-2)20(28)10-7-13-30-22-25-18-9-6-5-8-16(18)21(29)27(22)19-12-11-15(23)14-17(19)24/h5-6,8-9,11-12,14H,3-4,7,10,13H2,1-2H3. The van der Waals surface area contributed by atoms with Crippen LogP contribution in [0.2, 0.25) is 0 Å². The van der Waals surface area contributed by atoms with E-state index in [4.69, 9.17) is 0 Å². The number of aromatic nitrogens is 2. The molecule has 0 aliphatic carbocycles. The Morgan fingerprint density at radius 1 is 1.13 bits per heavy atom. The first-order valence-corrected chi connectivity index (χ1v) is 10.8. The predicted octanol–water partition coefficient (Wildman–Crippen LogP) is 4.40. The fraction of sp³-hybridized carbons (Fsp3) is 0.318. The van der Waals surface area contributed by atoms with Crippen molar-refractivity contribution >= 4 is 28.6 Å². The molecular weight excluding hydrogens is 408 g/mol. The lowest BCUT2D eigenvalue weighted by Gasteiger charge is -2.18. The Morgan fingerprint density at radius 2 is 1.87 bits per heavy atom. The Bertz CT molecular complexity index is 1110. The number of fused-ring (bicyclic) bond motifs is 1. The van der Waals surface area contributed by atoms with Gasteiger partial charge in [0, 0.05) is 31.3 Å². The molecule has 0 N–H and O–H groups in total. The zero-order valence-electron chi connectivity index (χ0n) is 16.9. The van der Waals surface area contributed by atoms with Gasteiger partial charge >= 0.3 is 0 Å². The molecule has 0 atom stereocenters. The van der Waals surface area contributed by atoms with Crippen LogP contribution in [0, 0.1) is 11.6 Å². The molecule has 0 bridgehead atoms. The van der Waals surface area contributed by atoms with Crippen molar-refractivity contribution < 1.29 is 13.6 Å². The van der Waals surface area contributed by atoms with Crippen molar-refractivity contribution in [3.05, 3.63) is 64.5 Å². The van der Waals surface area contributed by atoms with Gasteiger partial charge in [-0.15, -0.1) is 0 Å². The van der Waals surface area contributed by atoms with Crippen molar-refractivity contribution in [3.8, 4) is 5.69 Å². The Kier molecular flexibility index (Phi) is 7.20. The van der Waals surface area contributed by atoms with Crippen molar-refractivity contribution in [1.82, 2.24) is 14.5 Å². The third-order valence-corrected chi connectivity index (χ3v) is 5.80. The lowest BCUT2D eigenvalue weighted by atomic mass is 10.2. The Labute approximate surface area is 177 Å². The van der Waals surface area contributed by atoms with Crippen LogP contribution in [-0.4, -0.2) is 39.2 Å². The molecule has 0 radical (unpaired) electrons. The van der Waals surface area contributed by atoms with Crippen LogP contribution in [-0.2, 0) is 4.79 Å². The topological polar surface area (TPSA) is 55.2 Å². The molecule has 0 spiro atoms. The van der Waals surface area contributed by atoms with E-state index in [2.05, 4.69) is 4.98 Å². The van der Waals surface area contributed by atoms with E-state index in [0.717, 1.165) is 12.1 Å². The summed E-state index contributed by atoms with van der Waals surface area (Å²) in [6, 6.07) is 9.91. The van der Waals surface area contributed by atoms with Gasteiger partial charge in [0.1, 0.15) is 11.6 Å². The highest BCUT2D eigenvalue weighted by Crippen LogP contribution is 2.24. The number of amides is 1. The molecule has 0 fully saturated rings. The van der Waals surface area contributed by atoms with Gasteiger partial charge in [-0.25, -0.2) is 13.8 Å². The van der Waals surface area contributed by atoms with Gasteiger partial charge in [0.25, 0.3) is 5.56 Å². The van der Waals surface area contributed by atoms with Crippen LogP contribution in [0.3, 0.4) is 0 Å². The van der Waals surface area contributed by atoms with Crippen molar-refractivity contribution in [1.29, 1.82) is 0 Å². The zero-order chi connectivity index (χ0) is 21.7. The maximum atomic E-state index is 14.5. The van der Waals surface area contributed by atoms with Crippen molar-refractivity contribution in [2.45, 2.75) is 31.8 Å². The molecule has 1 heterocycles. The highest BCUT2D eigenvalue weighted by atomic mass is 32.2. The van der Waals surface area contributed by atoms with Gasteiger partial charge in [-0.1, -0.05) is 23.9 Å². The smallest absolute Gasteiger partial charge is 0.266 e. The van der Waals surface area contributed by atoms with Gasteiger partial charge in [-0.2, -0.15) is 0 Å². The summed E-state index contributed by atoms with van der Waals surface area (Å²) in [6.07, 6.45) is 0.978. The van der Waals surface area contributed by atoms with Crippen LogP contribution in [0.1, 0.15) is 26.7 Å². The fourth-order valence-corrected chi connectivity index (χ4v) is 4.15. The van der Waals surface area contributed by atoms with Crippen LogP contribution in [0.5, 0.6) is 0 Å². The molecule has 158 valence electrons. The summed E-state index contributed by atoms with van der Waals surface area (Å²) in [5, 5.41) is 0.654. The lowest BCUT2D eigenvalue weighted by Crippen LogP contribution is -2.30. The van der Waals surface area contributed by atoms with E-state index in [0.29, 0.717) is 47.7 Å². The van der Waals surface area contributed by atoms with Crippen LogP contribution in [0.15, 0.2) is 52.4 Å². The van der Waals surface area contributed by atoms with Crippen LogP contribution >= 0.6 is 11.8 Å². The lowest BCUT2D eigenvalue weighted by molar-refractivity contribution is -0.130. The molecule has 0 unspecified atom stereocenters. The molecule has 0 saturated carbocycles. The van der Waals surface area contributed by atoms with Gasteiger partial charge < -0.3 is 4.90 Å². The SMILES string of the molecule is CCN(CC)C(=O)CCCSc1nc2ccccc2c(=O)n1-c1ccc(F)cc1F. The molecule has 3 aromatic rings. The number of hydrogen-bond donors (Lipinski definition) is 0. The summed E-state index contributed by atoms with van der Waals surface area (Å²) in [5.74, 6) is -0.954.